The topological polar surface area (TPSA) is 33.1 Å². The second-order valence-electron chi connectivity index (χ2n) is 8.83. The van der Waals surface area contributed by atoms with E-state index in [1.807, 2.05) is 29.2 Å². The molecular weight excluding hydrogens is 443 g/mol. The molecule has 6 heteroatoms. The molecule has 1 saturated heterocycles. The van der Waals surface area contributed by atoms with Crippen molar-refractivity contribution in [2.75, 3.05) is 4.90 Å². The second-order valence-corrected chi connectivity index (χ2v) is 9.22. The number of nitrogens with one attached hydrogen (secondary N) is 1. The third-order valence-electron chi connectivity index (χ3n) is 6.82. The zero-order valence-electron chi connectivity index (χ0n) is 19.7. The minimum Gasteiger partial charge on any atom is -0.351 e. The molecule has 2 aromatic heterocycles. The molecule has 0 bridgehead atoms. The summed E-state index contributed by atoms with van der Waals surface area (Å²) >= 11 is 5.76. The molecule has 0 radical (unpaired) electrons. The van der Waals surface area contributed by atoms with Crippen molar-refractivity contribution in [3.63, 3.8) is 0 Å². The summed E-state index contributed by atoms with van der Waals surface area (Å²) in [6, 6.07) is 20.7. The van der Waals surface area contributed by atoms with Crippen molar-refractivity contribution in [3.8, 4) is 5.69 Å². The maximum absolute atomic E-state index is 15.0. The summed E-state index contributed by atoms with van der Waals surface area (Å²) in [7, 11) is 0. The number of halogens is 1. The number of aromatic nitrogens is 2. The van der Waals surface area contributed by atoms with E-state index in [0.29, 0.717) is 10.8 Å². The molecule has 0 aliphatic carbocycles. The Kier molecular flexibility index (Phi) is 5.70. The summed E-state index contributed by atoms with van der Waals surface area (Å²) in [5.74, 6) is -0.304. The van der Waals surface area contributed by atoms with Crippen molar-refractivity contribution in [1.82, 2.24) is 14.9 Å². The molecule has 1 N–H and O–H groups in total. The highest BCUT2D eigenvalue weighted by Crippen LogP contribution is 2.44. The van der Waals surface area contributed by atoms with Gasteiger partial charge in [0, 0.05) is 23.3 Å². The lowest BCUT2D eigenvalue weighted by atomic mass is 9.96. The minimum atomic E-state index is -0.304. The number of anilines is 1. The van der Waals surface area contributed by atoms with E-state index in [0.717, 1.165) is 28.3 Å². The Morgan fingerprint density at radius 1 is 0.912 bits per heavy atom. The molecule has 4 nitrogen and oxygen atoms in total. The monoisotopic (exact) mass is 470 g/mol. The van der Waals surface area contributed by atoms with Gasteiger partial charge in [0.1, 0.15) is 5.82 Å². The van der Waals surface area contributed by atoms with E-state index in [-0.39, 0.29) is 17.9 Å². The van der Waals surface area contributed by atoms with Crippen LogP contribution >= 0.6 is 12.2 Å². The largest absolute Gasteiger partial charge is 0.351 e. The Morgan fingerprint density at radius 3 is 2.38 bits per heavy atom. The maximum Gasteiger partial charge on any atom is 0.174 e. The van der Waals surface area contributed by atoms with Crippen molar-refractivity contribution < 1.29 is 4.39 Å². The molecule has 34 heavy (non-hydrogen) atoms. The third-order valence-corrected chi connectivity index (χ3v) is 7.13. The molecule has 1 aliphatic rings. The summed E-state index contributed by atoms with van der Waals surface area (Å²) in [4.78, 5) is 6.52. The fourth-order valence-corrected chi connectivity index (χ4v) is 5.35. The number of pyridine rings is 1. The predicted molar refractivity (Wildman–Crippen MR) is 139 cm³/mol. The summed E-state index contributed by atoms with van der Waals surface area (Å²) in [6.45, 7) is 8.52. The zero-order valence-corrected chi connectivity index (χ0v) is 20.5. The predicted octanol–water partition coefficient (Wildman–Crippen LogP) is 6.42. The van der Waals surface area contributed by atoms with Crippen LogP contribution in [0.25, 0.3) is 5.69 Å². The van der Waals surface area contributed by atoms with Gasteiger partial charge >= 0.3 is 0 Å². The molecule has 0 unspecified atom stereocenters. The third kappa shape index (κ3) is 3.59. The summed E-state index contributed by atoms with van der Waals surface area (Å²) in [5.41, 5.74) is 8.27. The lowest BCUT2D eigenvalue weighted by Gasteiger charge is -2.28. The van der Waals surface area contributed by atoms with Crippen LogP contribution in [0, 0.1) is 33.5 Å². The van der Waals surface area contributed by atoms with Gasteiger partial charge in [-0.2, -0.15) is 0 Å². The van der Waals surface area contributed by atoms with Crippen LogP contribution in [0.5, 0.6) is 0 Å². The number of rotatable bonds is 4. The minimum absolute atomic E-state index is 0.221. The number of hydrogen-bond donors (Lipinski definition) is 1. The molecule has 2 aromatic carbocycles. The number of aryl methyl sites for hydroxylation is 2. The van der Waals surface area contributed by atoms with E-state index in [1.54, 1.807) is 18.3 Å². The lowest BCUT2D eigenvalue weighted by Crippen LogP contribution is -2.30. The molecule has 0 saturated carbocycles. The number of para-hydroxylation sites is 1. The zero-order chi connectivity index (χ0) is 24.0. The van der Waals surface area contributed by atoms with Crippen molar-refractivity contribution in [2.45, 2.75) is 39.8 Å². The Balaban J connectivity index is 1.72. The summed E-state index contributed by atoms with van der Waals surface area (Å²) < 4.78 is 17.3. The Labute approximate surface area is 205 Å². The first-order chi connectivity index (χ1) is 16.4. The van der Waals surface area contributed by atoms with Gasteiger partial charge in [-0.05, 0) is 93.0 Å². The normalized spacial score (nSPS) is 17.8. The number of nitrogens with zero attached hydrogens (tertiary/aromatic N) is 3. The molecule has 4 aromatic rings. The molecule has 2 atom stereocenters. The van der Waals surface area contributed by atoms with Crippen molar-refractivity contribution >= 4 is 23.0 Å². The van der Waals surface area contributed by atoms with Crippen molar-refractivity contribution in [1.29, 1.82) is 0 Å². The summed E-state index contributed by atoms with van der Waals surface area (Å²) in [6.07, 6.45) is 1.78. The van der Waals surface area contributed by atoms with E-state index in [9.17, 15) is 0 Å². The molecule has 0 amide bonds. The van der Waals surface area contributed by atoms with Crippen LogP contribution in [0.2, 0.25) is 0 Å². The fourth-order valence-electron chi connectivity index (χ4n) is 5.01. The van der Waals surface area contributed by atoms with Crippen molar-refractivity contribution in [3.05, 3.63) is 113 Å². The quantitative estimate of drug-likeness (QED) is 0.349. The first-order valence-electron chi connectivity index (χ1n) is 11.4. The van der Waals surface area contributed by atoms with Crippen molar-refractivity contribution in [2.24, 2.45) is 0 Å². The Morgan fingerprint density at radius 2 is 1.65 bits per heavy atom. The second kappa shape index (κ2) is 8.69. The van der Waals surface area contributed by atoms with Crippen LogP contribution in [0.1, 0.15) is 45.9 Å². The van der Waals surface area contributed by atoms with E-state index in [4.69, 9.17) is 12.2 Å². The fraction of sp³-hybridized carbons (Fsp3) is 0.214. The van der Waals surface area contributed by atoms with Gasteiger partial charge in [0.25, 0.3) is 0 Å². The average molecular weight is 471 g/mol. The van der Waals surface area contributed by atoms with Gasteiger partial charge in [-0.25, -0.2) is 4.39 Å². The Bertz CT molecular complexity index is 1380. The molecule has 3 heterocycles. The molecular formula is C28H27FN4S. The van der Waals surface area contributed by atoms with Gasteiger partial charge in [0.05, 0.1) is 23.5 Å². The highest BCUT2D eigenvalue weighted by molar-refractivity contribution is 7.80. The summed E-state index contributed by atoms with van der Waals surface area (Å²) in [5, 5.41) is 3.92. The number of thiocarbonyl (C=S) groups is 1. The van der Waals surface area contributed by atoms with Gasteiger partial charge in [0.15, 0.2) is 5.11 Å². The van der Waals surface area contributed by atoms with E-state index in [1.165, 1.54) is 17.2 Å². The van der Waals surface area contributed by atoms with Gasteiger partial charge in [-0.15, -0.1) is 0 Å². The lowest BCUT2D eigenvalue weighted by molar-refractivity contribution is 0.556. The smallest absolute Gasteiger partial charge is 0.174 e. The molecule has 0 spiro atoms. The first kappa shape index (κ1) is 22.3. The van der Waals surface area contributed by atoms with Crippen LogP contribution in [0.15, 0.2) is 72.9 Å². The maximum atomic E-state index is 15.0. The van der Waals surface area contributed by atoms with Crippen LogP contribution in [-0.4, -0.2) is 14.7 Å². The first-order valence-corrected chi connectivity index (χ1v) is 11.8. The van der Waals surface area contributed by atoms with Crippen LogP contribution < -0.4 is 10.2 Å². The molecule has 172 valence electrons. The number of benzene rings is 2. The average Bonchev–Trinajstić information content (AvgIpc) is 3.32. The van der Waals surface area contributed by atoms with E-state index >= 15 is 4.39 Å². The van der Waals surface area contributed by atoms with E-state index in [2.05, 4.69) is 66.8 Å². The highest BCUT2D eigenvalue weighted by Gasteiger charge is 2.43. The SMILES string of the molecule is Cc1cccc(-n2c(C)cc([C@H]3[C@@H](c4ccccn4)NC(=S)N3c3ccccc3F)c2C)c1C. The molecule has 5 rings (SSSR count). The van der Waals surface area contributed by atoms with E-state index < -0.39 is 0 Å². The number of hydrogen-bond acceptors (Lipinski definition) is 2. The van der Waals surface area contributed by atoms with Gasteiger partial charge in [-0.1, -0.05) is 30.3 Å². The van der Waals surface area contributed by atoms with Crippen LogP contribution in [-0.2, 0) is 0 Å². The van der Waals surface area contributed by atoms with Gasteiger partial charge in [-0.3, -0.25) is 4.98 Å². The van der Waals surface area contributed by atoms with Crippen LogP contribution in [0.4, 0.5) is 10.1 Å². The molecule has 1 aliphatic heterocycles. The standard InChI is InChI=1S/C28H27FN4S/c1-17-10-9-14-24(19(17)3)32-18(2)16-21(20(32)4)27-26(23-12-7-8-15-30-23)31-28(34)33(27)25-13-6-5-11-22(25)29/h5-16,26-27H,1-4H3,(H,31,34)/t26-,27+/m1/s1. The molecule has 1 fully saturated rings. The van der Waals surface area contributed by atoms with Gasteiger partial charge in [0.2, 0.25) is 0 Å². The highest BCUT2D eigenvalue weighted by atomic mass is 32.1. The Hall–Kier alpha value is -3.51. The van der Waals surface area contributed by atoms with Gasteiger partial charge < -0.3 is 14.8 Å². The van der Waals surface area contributed by atoms with Crippen LogP contribution in [0.3, 0.4) is 0 Å².